The van der Waals surface area contributed by atoms with Gasteiger partial charge in [0.25, 0.3) is 0 Å². The van der Waals surface area contributed by atoms with E-state index in [0.717, 1.165) is 30.2 Å². The summed E-state index contributed by atoms with van der Waals surface area (Å²) in [6, 6.07) is 7.74. The molecule has 0 aliphatic rings. The number of benzene rings is 1. The van der Waals surface area contributed by atoms with Gasteiger partial charge in [0.1, 0.15) is 5.75 Å². The average Bonchev–Trinajstić information content (AvgIpc) is 2.84. The van der Waals surface area contributed by atoms with E-state index in [4.69, 9.17) is 4.74 Å². The SMILES string of the molecule is CCNCc1cnnn1-c1ccc(OC)cc1. The fraction of sp³-hybridized carbons (Fsp3) is 0.333. The van der Waals surface area contributed by atoms with Gasteiger partial charge in [0.05, 0.1) is 24.7 Å². The van der Waals surface area contributed by atoms with Crippen molar-refractivity contribution in [3.8, 4) is 11.4 Å². The fourth-order valence-electron chi connectivity index (χ4n) is 1.57. The van der Waals surface area contributed by atoms with Crippen molar-refractivity contribution in [3.05, 3.63) is 36.2 Å². The van der Waals surface area contributed by atoms with Crippen LogP contribution >= 0.6 is 0 Å². The predicted molar refractivity (Wildman–Crippen MR) is 65.3 cm³/mol. The summed E-state index contributed by atoms with van der Waals surface area (Å²) in [5.41, 5.74) is 2.02. The second-order valence-corrected chi connectivity index (χ2v) is 3.62. The number of ether oxygens (including phenoxy) is 1. The monoisotopic (exact) mass is 232 g/mol. The van der Waals surface area contributed by atoms with Gasteiger partial charge in [-0.3, -0.25) is 0 Å². The first-order valence-electron chi connectivity index (χ1n) is 5.60. The summed E-state index contributed by atoms with van der Waals surface area (Å²) >= 11 is 0. The molecule has 1 aromatic heterocycles. The summed E-state index contributed by atoms with van der Waals surface area (Å²) in [5, 5.41) is 11.3. The molecule has 0 spiro atoms. The maximum atomic E-state index is 5.12. The van der Waals surface area contributed by atoms with Gasteiger partial charge in [0.2, 0.25) is 0 Å². The molecule has 0 bridgehead atoms. The quantitative estimate of drug-likeness (QED) is 0.846. The van der Waals surface area contributed by atoms with Gasteiger partial charge in [-0.1, -0.05) is 12.1 Å². The number of hydrogen-bond donors (Lipinski definition) is 1. The van der Waals surface area contributed by atoms with E-state index in [2.05, 4.69) is 22.6 Å². The Bertz CT molecular complexity index is 464. The van der Waals surface area contributed by atoms with Crippen molar-refractivity contribution >= 4 is 0 Å². The Hall–Kier alpha value is -1.88. The van der Waals surface area contributed by atoms with Crippen LogP contribution in [0.3, 0.4) is 0 Å². The summed E-state index contributed by atoms with van der Waals surface area (Å²) < 4.78 is 6.95. The first kappa shape index (κ1) is 11.6. The van der Waals surface area contributed by atoms with Crippen molar-refractivity contribution in [2.75, 3.05) is 13.7 Å². The molecule has 17 heavy (non-hydrogen) atoms. The van der Waals surface area contributed by atoms with Gasteiger partial charge in [0, 0.05) is 6.54 Å². The smallest absolute Gasteiger partial charge is 0.119 e. The highest BCUT2D eigenvalue weighted by molar-refractivity contribution is 5.37. The summed E-state index contributed by atoms with van der Waals surface area (Å²) in [7, 11) is 1.65. The summed E-state index contributed by atoms with van der Waals surface area (Å²) in [6.45, 7) is 3.75. The minimum absolute atomic E-state index is 0.759. The van der Waals surface area contributed by atoms with Crippen LogP contribution in [-0.2, 0) is 6.54 Å². The van der Waals surface area contributed by atoms with E-state index in [0.29, 0.717) is 0 Å². The van der Waals surface area contributed by atoms with Crippen molar-refractivity contribution in [1.82, 2.24) is 20.3 Å². The van der Waals surface area contributed by atoms with Crippen LogP contribution in [0, 0.1) is 0 Å². The molecule has 1 N–H and O–H groups in total. The van der Waals surface area contributed by atoms with Crippen LogP contribution in [0.2, 0.25) is 0 Å². The Balaban J connectivity index is 2.23. The Morgan fingerprint density at radius 1 is 1.29 bits per heavy atom. The van der Waals surface area contributed by atoms with E-state index in [1.807, 2.05) is 28.9 Å². The number of nitrogens with zero attached hydrogens (tertiary/aromatic N) is 3. The zero-order valence-corrected chi connectivity index (χ0v) is 10.1. The molecule has 5 heteroatoms. The average molecular weight is 232 g/mol. The molecule has 1 aromatic carbocycles. The molecule has 5 nitrogen and oxygen atoms in total. The molecule has 2 aromatic rings. The first-order chi connectivity index (χ1) is 8.35. The Morgan fingerprint density at radius 3 is 2.71 bits per heavy atom. The largest absolute Gasteiger partial charge is 0.497 e. The second-order valence-electron chi connectivity index (χ2n) is 3.62. The molecular weight excluding hydrogens is 216 g/mol. The van der Waals surface area contributed by atoms with E-state index in [1.54, 1.807) is 13.3 Å². The minimum Gasteiger partial charge on any atom is -0.497 e. The molecule has 0 saturated heterocycles. The maximum Gasteiger partial charge on any atom is 0.119 e. The van der Waals surface area contributed by atoms with E-state index < -0.39 is 0 Å². The van der Waals surface area contributed by atoms with Gasteiger partial charge < -0.3 is 10.1 Å². The molecule has 1 heterocycles. The van der Waals surface area contributed by atoms with Crippen molar-refractivity contribution in [1.29, 1.82) is 0 Å². The summed E-state index contributed by atoms with van der Waals surface area (Å²) in [4.78, 5) is 0. The highest BCUT2D eigenvalue weighted by atomic mass is 16.5. The van der Waals surface area contributed by atoms with Crippen LogP contribution in [0.4, 0.5) is 0 Å². The van der Waals surface area contributed by atoms with Crippen LogP contribution in [0.15, 0.2) is 30.5 Å². The third-order valence-electron chi connectivity index (χ3n) is 2.49. The molecule has 90 valence electrons. The molecule has 0 fully saturated rings. The van der Waals surface area contributed by atoms with Gasteiger partial charge in [-0.25, -0.2) is 4.68 Å². The molecule has 2 rings (SSSR count). The lowest BCUT2D eigenvalue weighted by molar-refractivity contribution is 0.414. The summed E-state index contributed by atoms with van der Waals surface area (Å²) in [6.07, 6.45) is 1.77. The molecule has 0 saturated carbocycles. The molecule has 0 amide bonds. The first-order valence-corrected chi connectivity index (χ1v) is 5.60. The van der Waals surface area contributed by atoms with E-state index in [1.165, 1.54) is 0 Å². The van der Waals surface area contributed by atoms with E-state index in [9.17, 15) is 0 Å². The van der Waals surface area contributed by atoms with Gasteiger partial charge in [-0.15, -0.1) is 5.10 Å². The van der Waals surface area contributed by atoms with Crippen LogP contribution < -0.4 is 10.1 Å². The number of hydrogen-bond acceptors (Lipinski definition) is 4. The highest BCUT2D eigenvalue weighted by Gasteiger charge is 2.05. The lowest BCUT2D eigenvalue weighted by Gasteiger charge is -2.07. The third kappa shape index (κ3) is 2.62. The topological polar surface area (TPSA) is 52.0 Å². The Kier molecular flexibility index (Phi) is 3.72. The van der Waals surface area contributed by atoms with Crippen LogP contribution in [-0.4, -0.2) is 28.6 Å². The minimum atomic E-state index is 0.759. The molecule has 0 unspecified atom stereocenters. The standard InChI is InChI=1S/C12H16N4O/c1-3-13-8-11-9-14-15-16(11)10-4-6-12(17-2)7-5-10/h4-7,9,13H,3,8H2,1-2H3. The molecular formula is C12H16N4O. The van der Waals surface area contributed by atoms with Crippen molar-refractivity contribution < 1.29 is 4.74 Å². The van der Waals surface area contributed by atoms with Crippen molar-refractivity contribution in [2.45, 2.75) is 13.5 Å². The predicted octanol–water partition coefficient (Wildman–Crippen LogP) is 1.39. The van der Waals surface area contributed by atoms with Gasteiger partial charge in [-0.2, -0.15) is 0 Å². The lowest BCUT2D eigenvalue weighted by atomic mass is 10.3. The van der Waals surface area contributed by atoms with Crippen molar-refractivity contribution in [2.24, 2.45) is 0 Å². The number of rotatable bonds is 5. The summed E-state index contributed by atoms with van der Waals surface area (Å²) in [5.74, 6) is 0.835. The van der Waals surface area contributed by atoms with Crippen LogP contribution in [0.25, 0.3) is 5.69 Å². The molecule has 0 aliphatic heterocycles. The number of nitrogens with one attached hydrogen (secondary N) is 1. The Labute approximate surface area is 100 Å². The molecule has 0 aliphatic carbocycles. The number of aromatic nitrogens is 3. The van der Waals surface area contributed by atoms with E-state index >= 15 is 0 Å². The van der Waals surface area contributed by atoms with Crippen molar-refractivity contribution in [3.63, 3.8) is 0 Å². The van der Waals surface area contributed by atoms with Gasteiger partial charge >= 0.3 is 0 Å². The zero-order chi connectivity index (χ0) is 12.1. The normalized spacial score (nSPS) is 10.5. The number of methoxy groups -OCH3 is 1. The van der Waals surface area contributed by atoms with Crippen LogP contribution in [0.5, 0.6) is 5.75 Å². The lowest BCUT2D eigenvalue weighted by Crippen LogP contribution is -2.15. The fourth-order valence-corrected chi connectivity index (χ4v) is 1.57. The third-order valence-corrected chi connectivity index (χ3v) is 2.49. The molecule has 0 atom stereocenters. The second kappa shape index (κ2) is 5.45. The zero-order valence-electron chi connectivity index (χ0n) is 10.1. The van der Waals surface area contributed by atoms with Gasteiger partial charge in [-0.05, 0) is 30.8 Å². The van der Waals surface area contributed by atoms with Gasteiger partial charge in [0.15, 0.2) is 0 Å². The molecule has 0 radical (unpaired) electrons. The maximum absolute atomic E-state index is 5.12. The highest BCUT2D eigenvalue weighted by Crippen LogP contribution is 2.15. The van der Waals surface area contributed by atoms with E-state index in [-0.39, 0.29) is 0 Å². The van der Waals surface area contributed by atoms with Crippen LogP contribution in [0.1, 0.15) is 12.6 Å². The Morgan fingerprint density at radius 2 is 2.06 bits per heavy atom.